The number of morpholine rings is 1. The van der Waals surface area contributed by atoms with Gasteiger partial charge in [-0.15, -0.1) is 0 Å². The molecule has 1 aliphatic heterocycles. The third kappa shape index (κ3) is 4.28. The highest BCUT2D eigenvalue weighted by atomic mass is 35.5. The molecule has 1 unspecified atom stereocenters. The van der Waals surface area contributed by atoms with E-state index in [1.165, 1.54) is 0 Å². The maximum atomic E-state index is 6.06. The lowest BCUT2D eigenvalue weighted by atomic mass is 10.2. The predicted molar refractivity (Wildman–Crippen MR) is 68.6 cm³/mol. The van der Waals surface area contributed by atoms with E-state index in [-0.39, 0.29) is 6.10 Å². The van der Waals surface area contributed by atoms with Crippen LogP contribution in [0.25, 0.3) is 0 Å². The van der Waals surface area contributed by atoms with Gasteiger partial charge in [-0.2, -0.15) is 0 Å². The molecule has 1 saturated heterocycles. The van der Waals surface area contributed by atoms with Gasteiger partial charge >= 0.3 is 0 Å². The molecule has 1 fully saturated rings. The summed E-state index contributed by atoms with van der Waals surface area (Å²) in [6.07, 6.45) is 1.04. The van der Waals surface area contributed by atoms with Crippen molar-refractivity contribution >= 4 is 11.6 Å². The molecule has 1 aromatic carbocycles. The van der Waals surface area contributed by atoms with Crippen molar-refractivity contribution in [3.63, 3.8) is 0 Å². The summed E-state index contributed by atoms with van der Waals surface area (Å²) in [4.78, 5) is 0. The van der Waals surface area contributed by atoms with Crippen LogP contribution in [0.1, 0.15) is 5.56 Å². The van der Waals surface area contributed by atoms with E-state index >= 15 is 0 Å². The molecular weight excluding hydrogens is 238 g/mol. The first-order valence-electron chi connectivity index (χ1n) is 6.00. The van der Waals surface area contributed by atoms with Crippen molar-refractivity contribution in [1.29, 1.82) is 0 Å². The van der Waals surface area contributed by atoms with E-state index < -0.39 is 0 Å². The second kappa shape index (κ2) is 6.97. The van der Waals surface area contributed by atoms with E-state index in [1.807, 2.05) is 24.3 Å². The van der Waals surface area contributed by atoms with Gasteiger partial charge in [0.15, 0.2) is 0 Å². The van der Waals surface area contributed by atoms with Gasteiger partial charge in [0.2, 0.25) is 0 Å². The Hall–Kier alpha value is -0.610. The summed E-state index contributed by atoms with van der Waals surface area (Å²) in [6, 6.07) is 7.87. The summed E-state index contributed by atoms with van der Waals surface area (Å²) in [5, 5.41) is 4.09. The van der Waals surface area contributed by atoms with Gasteiger partial charge in [0.1, 0.15) is 0 Å². The molecule has 17 heavy (non-hydrogen) atoms. The molecule has 1 atom stereocenters. The van der Waals surface area contributed by atoms with Crippen LogP contribution in [-0.2, 0) is 15.9 Å². The van der Waals surface area contributed by atoms with Crippen LogP contribution >= 0.6 is 11.6 Å². The lowest BCUT2D eigenvalue weighted by Crippen LogP contribution is -2.41. The lowest BCUT2D eigenvalue weighted by molar-refractivity contribution is -0.0307. The van der Waals surface area contributed by atoms with Gasteiger partial charge in [0.25, 0.3) is 0 Å². The SMILES string of the molecule is Clc1ccccc1CCOCC1CNCCO1. The fraction of sp³-hybridized carbons (Fsp3) is 0.538. The number of rotatable bonds is 5. The minimum Gasteiger partial charge on any atom is -0.378 e. The zero-order chi connectivity index (χ0) is 11.9. The van der Waals surface area contributed by atoms with E-state index in [2.05, 4.69) is 5.32 Å². The first-order valence-corrected chi connectivity index (χ1v) is 6.37. The number of ether oxygens (including phenoxy) is 2. The highest BCUT2D eigenvalue weighted by Gasteiger charge is 2.12. The highest BCUT2D eigenvalue weighted by molar-refractivity contribution is 6.31. The molecule has 0 saturated carbocycles. The third-order valence-electron chi connectivity index (χ3n) is 2.78. The Kier molecular flexibility index (Phi) is 5.26. The van der Waals surface area contributed by atoms with Crippen LogP contribution in [-0.4, -0.2) is 39.0 Å². The average molecular weight is 256 g/mol. The molecule has 4 heteroatoms. The highest BCUT2D eigenvalue weighted by Crippen LogP contribution is 2.15. The second-order valence-corrected chi connectivity index (χ2v) is 4.52. The quantitative estimate of drug-likeness (QED) is 0.815. The molecule has 3 nitrogen and oxygen atoms in total. The minimum atomic E-state index is 0.190. The summed E-state index contributed by atoms with van der Waals surface area (Å²) in [7, 11) is 0. The molecule has 94 valence electrons. The molecule has 0 bridgehead atoms. The zero-order valence-corrected chi connectivity index (χ0v) is 10.6. The Bertz CT molecular complexity index is 340. The Morgan fingerprint density at radius 2 is 2.29 bits per heavy atom. The minimum absolute atomic E-state index is 0.190. The van der Waals surface area contributed by atoms with Gasteiger partial charge in [-0.25, -0.2) is 0 Å². The van der Waals surface area contributed by atoms with Gasteiger partial charge in [-0.05, 0) is 18.1 Å². The fourth-order valence-corrected chi connectivity index (χ4v) is 2.06. The first kappa shape index (κ1) is 12.8. The van der Waals surface area contributed by atoms with E-state index in [0.717, 1.165) is 36.7 Å². The van der Waals surface area contributed by atoms with Crippen LogP contribution in [0.4, 0.5) is 0 Å². The van der Waals surface area contributed by atoms with Crippen molar-refractivity contribution in [3.8, 4) is 0 Å². The smallest absolute Gasteiger partial charge is 0.0933 e. The number of nitrogens with one attached hydrogen (secondary N) is 1. The lowest BCUT2D eigenvalue weighted by Gasteiger charge is -2.23. The van der Waals surface area contributed by atoms with Gasteiger partial charge in [0, 0.05) is 18.1 Å². The van der Waals surface area contributed by atoms with E-state index in [1.54, 1.807) is 0 Å². The van der Waals surface area contributed by atoms with Crippen LogP contribution in [0.3, 0.4) is 0 Å². The summed E-state index contributed by atoms with van der Waals surface area (Å²) >= 11 is 6.06. The molecule has 1 N–H and O–H groups in total. The van der Waals surface area contributed by atoms with Crippen molar-refractivity contribution in [3.05, 3.63) is 34.9 Å². The molecule has 1 heterocycles. The largest absolute Gasteiger partial charge is 0.378 e. The van der Waals surface area contributed by atoms with E-state index in [0.29, 0.717) is 13.2 Å². The Labute approximate surface area is 107 Å². The fourth-order valence-electron chi connectivity index (χ4n) is 1.82. The number of hydrogen-bond donors (Lipinski definition) is 1. The predicted octanol–water partition coefficient (Wildman–Crippen LogP) is 1.89. The monoisotopic (exact) mass is 255 g/mol. The zero-order valence-electron chi connectivity index (χ0n) is 9.82. The standard InChI is InChI=1S/C13H18ClNO2/c14-13-4-2-1-3-11(13)5-7-16-10-12-9-15-6-8-17-12/h1-4,12,15H,5-10H2. The molecule has 0 aliphatic carbocycles. The van der Waals surface area contributed by atoms with Crippen molar-refractivity contribution < 1.29 is 9.47 Å². The Morgan fingerprint density at radius 1 is 1.41 bits per heavy atom. The molecule has 1 aromatic rings. The molecular formula is C13H18ClNO2. The third-order valence-corrected chi connectivity index (χ3v) is 3.15. The van der Waals surface area contributed by atoms with Crippen LogP contribution < -0.4 is 5.32 Å². The van der Waals surface area contributed by atoms with E-state index in [4.69, 9.17) is 21.1 Å². The van der Waals surface area contributed by atoms with Gasteiger partial charge < -0.3 is 14.8 Å². The van der Waals surface area contributed by atoms with Crippen molar-refractivity contribution in [2.24, 2.45) is 0 Å². The molecule has 0 radical (unpaired) electrons. The summed E-state index contributed by atoms with van der Waals surface area (Å²) in [6.45, 7) is 3.93. The number of benzene rings is 1. The van der Waals surface area contributed by atoms with Gasteiger partial charge in [-0.3, -0.25) is 0 Å². The maximum absolute atomic E-state index is 6.06. The summed E-state index contributed by atoms with van der Waals surface area (Å²) in [5.74, 6) is 0. The van der Waals surface area contributed by atoms with Crippen molar-refractivity contribution in [2.45, 2.75) is 12.5 Å². The molecule has 1 aliphatic rings. The van der Waals surface area contributed by atoms with Crippen molar-refractivity contribution in [1.82, 2.24) is 5.32 Å². The molecule has 0 aromatic heterocycles. The van der Waals surface area contributed by atoms with Crippen LogP contribution in [0.15, 0.2) is 24.3 Å². The van der Waals surface area contributed by atoms with Crippen LogP contribution in [0, 0.1) is 0 Å². The molecule has 0 amide bonds. The van der Waals surface area contributed by atoms with Crippen molar-refractivity contribution in [2.75, 3.05) is 32.9 Å². The molecule has 0 spiro atoms. The van der Waals surface area contributed by atoms with Crippen LogP contribution in [0.5, 0.6) is 0 Å². The van der Waals surface area contributed by atoms with E-state index in [9.17, 15) is 0 Å². The van der Waals surface area contributed by atoms with Gasteiger partial charge in [-0.1, -0.05) is 29.8 Å². The Balaban J connectivity index is 1.64. The normalized spacial score (nSPS) is 20.4. The van der Waals surface area contributed by atoms with Gasteiger partial charge in [0.05, 0.1) is 25.9 Å². The maximum Gasteiger partial charge on any atom is 0.0933 e. The second-order valence-electron chi connectivity index (χ2n) is 4.11. The summed E-state index contributed by atoms with van der Waals surface area (Å²) in [5.41, 5.74) is 1.14. The molecule has 2 rings (SSSR count). The van der Waals surface area contributed by atoms with Crippen LogP contribution in [0.2, 0.25) is 5.02 Å². The first-order chi connectivity index (χ1) is 8.36. The number of hydrogen-bond acceptors (Lipinski definition) is 3. The topological polar surface area (TPSA) is 30.5 Å². The Morgan fingerprint density at radius 3 is 3.06 bits per heavy atom. The summed E-state index contributed by atoms with van der Waals surface area (Å²) < 4.78 is 11.1. The number of halogens is 1. The average Bonchev–Trinajstić information content (AvgIpc) is 2.38.